The van der Waals surface area contributed by atoms with Crippen molar-refractivity contribution in [2.45, 2.75) is 0 Å². The first-order valence-electron chi connectivity index (χ1n) is 18.6. The number of nitrogens with zero attached hydrogens (tertiary/aromatic N) is 2. The molecule has 0 bridgehead atoms. The van der Waals surface area contributed by atoms with Crippen molar-refractivity contribution in [1.29, 1.82) is 0 Å². The van der Waals surface area contributed by atoms with Crippen LogP contribution in [0.15, 0.2) is 182 Å². The molecule has 2 heteroatoms. The van der Waals surface area contributed by atoms with E-state index in [1.807, 2.05) is 24.5 Å². The first kappa shape index (κ1) is 29.4. The van der Waals surface area contributed by atoms with E-state index in [4.69, 9.17) is 4.98 Å². The zero-order chi connectivity index (χ0) is 35.3. The van der Waals surface area contributed by atoms with E-state index < -0.39 is 0 Å². The number of pyridine rings is 2. The van der Waals surface area contributed by atoms with Crippen molar-refractivity contribution in [3.05, 3.63) is 182 Å². The number of benzene rings is 9. The third-order valence-electron chi connectivity index (χ3n) is 11.6. The van der Waals surface area contributed by atoms with Crippen molar-refractivity contribution in [3.8, 4) is 33.4 Å². The van der Waals surface area contributed by atoms with E-state index in [0.717, 1.165) is 21.8 Å². The van der Waals surface area contributed by atoms with Crippen LogP contribution in [-0.4, -0.2) is 9.97 Å². The van der Waals surface area contributed by atoms with Gasteiger partial charge in [-0.2, -0.15) is 0 Å². The quantitative estimate of drug-likeness (QED) is 0.173. The van der Waals surface area contributed by atoms with E-state index in [2.05, 4.69) is 163 Å². The first-order chi connectivity index (χ1) is 26.8. The molecule has 54 heavy (non-hydrogen) atoms. The Morgan fingerprint density at radius 1 is 0.259 bits per heavy atom. The molecule has 2 heterocycles. The third-order valence-corrected chi connectivity index (χ3v) is 11.6. The van der Waals surface area contributed by atoms with Crippen molar-refractivity contribution in [1.82, 2.24) is 9.97 Å². The minimum absolute atomic E-state index is 0.937. The number of hydrogen-bond donors (Lipinski definition) is 0. The molecule has 0 spiro atoms. The fourth-order valence-electron chi connectivity index (χ4n) is 9.16. The Balaban J connectivity index is 1.01. The molecule has 0 amide bonds. The summed E-state index contributed by atoms with van der Waals surface area (Å²) < 4.78 is 0. The highest BCUT2D eigenvalue weighted by atomic mass is 14.7. The van der Waals surface area contributed by atoms with Crippen LogP contribution in [-0.2, 0) is 0 Å². The lowest BCUT2D eigenvalue weighted by Crippen LogP contribution is -1.89. The Kier molecular flexibility index (Phi) is 6.09. The van der Waals surface area contributed by atoms with E-state index in [0.29, 0.717) is 0 Å². The molecule has 12 aromatic rings. The molecule has 2 aromatic heterocycles. The van der Waals surface area contributed by atoms with E-state index in [1.54, 1.807) is 0 Å². The van der Waals surface area contributed by atoms with Gasteiger partial charge in [0.05, 0.1) is 11.0 Å². The summed E-state index contributed by atoms with van der Waals surface area (Å²) in [5.41, 5.74) is 9.02. The van der Waals surface area contributed by atoms with Gasteiger partial charge in [-0.05, 0) is 128 Å². The molecule has 0 fully saturated rings. The Hall–Kier alpha value is -7.16. The van der Waals surface area contributed by atoms with Crippen molar-refractivity contribution in [2.75, 3.05) is 0 Å². The molecule has 0 aliphatic rings. The summed E-state index contributed by atoms with van der Waals surface area (Å²) in [5.74, 6) is 0. The molecule has 0 saturated heterocycles. The average molecular weight is 683 g/mol. The van der Waals surface area contributed by atoms with Gasteiger partial charge in [-0.25, -0.2) is 0 Å². The molecule has 248 valence electrons. The van der Waals surface area contributed by atoms with Gasteiger partial charge in [-0.15, -0.1) is 0 Å². The fourth-order valence-corrected chi connectivity index (χ4v) is 9.16. The molecule has 10 aromatic carbocycles. The Morgan fingerprint density at radius 2 is 0.704 bits per heavy atom. The van der Waals surface area contributed by atoms with Crippen LogP contribution >= 0.6 is 0 Å². The van der Waals surface area contributed by atoms with Crippen molar-refractivity contribution >= 4 is 86.4 Å². The third kappa shape index (κ3) is 4.22. The van der Waals surface area contributed by atoms with Crippen LogP contribution in [0, 0.1) is 0 Å². The standard InChI is InChI=1S/C52H30N2/c1-6-35-22-23-36-8-3-12-43-46-30-40(28-38-25-24-37-7-2-11-42(48(37)50(38)46)41(10-1)47(35)49(36)43)33-16-14-31(15-17-33)32-18-20-34(21-19-32)45-29-39-9-4-26-53-51(39)52-44(45)13-5-27-54-52/h1-30H. The summed E-state index contributed by atoms with van der Waals surface area (Å²) in [6.07, 6.45) is 3.69. The number of hydrogen-bond acceptors (Lipinski definition) is 2. The minimum atomic E-state index is 0.937. The Labute approximate surface area is 310 Å². The summed E-state index contributed by atoms with van der Waals surface area (Å²) in [6, 6.07) is 62.8. The van der Waals surface area contributed by atoms with Gasteiger partial charge < -0.3 is 0 Å². The largest absolute Gasteiger partial charge is 0.254 e. The molecular formula is C52H30N2. The zero-order valence-electron chi connectivity index (χ0n) is 29.2. The van der Waals surface area contributed by atoms with Gasteiger partial charge in [0.25, 0.3) is 0 Å². The molecule has 0 unspecified atom stereocenters. The second kappa shape index (κ2) is 11.2. The smallest absolute Gasteiger partial charge is 0.0970 e. The normalized spacial score (nSPS) is 12.1. The molecule has 0 aliphatic heterocycles. The highest BCUT2D eigenvalue weighted by Gasteiger charge is 2.17. The van der Waals surface area contributed by atoms with E-state index >= 15 is 0 Å². The summed E-state index contributed by atoms with van der Waals surface area (Å²) >= 11 is 0. The molecule has 12 rings (SSSR count). The summed E-state index contributed by atoms with van der Waals surface area (Å²) in [4.78, 5) is 9.35. The minimum Gasteiger partial charge on any atom is -0.254 e. The molecule has 0 aliphatic carbocycles. The highest BCUT2D eigenvalue weighted by molar-refractivity contribution is 6.37. The van der Waals surface area contributed by atoms with Crippen LogP contribution in [0.5, 0.6) is 0 Å². The lowest BCUT2D eigenvalue weighted by molar-refractivity contribution is 1.37. The average Bonchev–Trinajstić information content (AvgIpc) is 3.24. The lowest BCUT2D eigenvalue weighted by Gasteiger charge is -2.17. The Bertz CT molecular complexity index is 3470. The molecule has 2 nitrogen and oxygen atoms in total. The molecular weight excluding hydrogens is 653 g/mol. The van der Waals surface area contributed by atoms with Gasteiger partial charge in [-0.1, -0.05) is 140 Å². The predicted molar refractivity (Wildman–Crippen MR) is 230 cm³/mol. The van der Waals surface area contributed by atoms with Crippen LogP contribution in [0.3, 0.4) is 0 Å². The van der Waals surface area contributed by atoms with Crippen LogP contribution in [0.2, 0.25) is 0 Å². The van der Waals surface area contributed by atoms with Crippen LogP contribution in [0.4, 0.5) is 0 Å². The maximum Gasteiger partial charge on any atom is 0.0970 e. The lowest BCUT2D eigenvalue weighted by atomic mass is 9.86. The topological polar surface area (TPSA) is 25.8 Å². The van der Waals surface area contributed by atoms with Gasteiger partial charge in [0.15, 0.2) is 0 Å². The summed E-state index contributed by atoms with van der Waals surface area (Å²) in [6.45, 7) is 0. The first-order valence-corrected chi connectivity index (χ1v) is 18.6. The SMILES string of the molecule is c1cnc2c(c1)cc(-c1ccc(-c3ccc(-c4cc5ccc6cccc7c8cccc9ccc%10cccc(c(c4)c5c67)c%10c98)cc3)cc1)c1cccnc12. The fraction of sp³-hybridized carbons (Fsp3) is 0. The summed E-state index contributed by atoms with van der Waals surface area (Å²) in [7, 11) is 0. The van der Waals surface area contributed by atoms with Crippen molar-refractivity contribution in [3.63, 3.8) is 0 Å². The van der Waals surface area contributed by atoms with Gasteiger partial charge in [0.2, 0.25) is 0 Å². The second-order valence-electron chi connectivity index (χ2n) is 14.5. The number of fused-ring (bicyclic) bond motifs is 5. The van der Waals surface area contributed by atoms with E-state index in [9.17, 15) is 0 Å². The van der Waals surface area contributed by atoms with Crippen LogP contribution in [0.25, 0.3) is 120 Å². The second-order valence-corrected chi connectivity index (χ2v) is 14.5. The predicted octanol–water partition coefficient (Wildman–Crippen LogP) is 14.1. The van der Waals surface area contributed by atoms with Crippen molar-refractivity contribution in [2.24, 2.45) is 0 Å². The maximum atomic E-state index is 4.71. The molecule has 0 radical (unpaired) electrons. The number of rotatable bonds is 3. The maximum absolute atomic E-state index is 4.71. The monoisotopic (exact) mass is 682 g/mol. The van der Waals surface area contributed by atoms with Crippen molar-refractivity contribution < 1.29 is 0 Å². The van der Waals surface area contributed by atoms with Gasteiger partial charge >= 0.3 is 0 Å². The summed E-state index contributed by atoms with van der Waals surface area (Å²) in [5, 5.41) is 17.8. The van der Waals surface area contributed by atoms with Crippen LogP contribution in [0.1, 0.15) is 0 Å². The molecule has 0 N–H and O–H groups in total. The van der Waals surface area contributed by atoms with E-state index in [1.165, 1.54) is 98.0 Å². The highest BCUT2D eigenvalue weighted by Crippen LogP contribution is 2.44. The molecule has 0 atom stereocenters. The molecule has 0 saturated carbocycles. The van der Waals surface area contributed by atoms with Gasteiger partial charge in [0, 0.05) is 23.2 Å². The van der Waals surface area contributed by atoms with E-state index in [-0.39, 0.29) is 0 Å². The number of aromatic nitrogens is 2. The van der Waals surface area contributed by atoms with Crippen LogP contribution < -0.4 is 0 Å². The zero-order valence-corrected chi connectivity index (χ0v) is 29.2. The van der Waals surface area contributed by atoms with Gasteiger partial charge in [-0.3, -0.25) is 9.97 Å². The van der Waals surface area contributed by atoms with Gasteiger partial charge in [0.1, 0.15) is 0 Å². The Morgan fingerprint density at radius 3 is 1.31 bits per heavy atom.